The molecule has 0 saturated heterocycles. The smallest absolute Gasteiger partial charge is 0.0622 e. The van der Waals surface area contributed by atoms with Crippen molar-refractivity contribution >= 4 is 15.9 Å². The Balaban J connectivity index is 2.08. The van der Waals surface area contributed by atoms with Crippen molar-refractivity contribution in [1.29, 1.82) is 0 Å². The standard InChI is InChI=1S/C25H17Br/c26-20-15-16-22-21-13-7-8-14-23(21)25(24(22)17-20,18-9-3-1-4-10-18)19-11-5-2-6-12-19/h1-17H/i7D,8D,13D,14D. The lowest BCUT2D eigenvalue weighted by molar-refractivity contribution is 0.768. The third-order valence-electron chi connectivity index (χ3n) is 5.13. The van der Waals surface area contributed by atoms with Crippen LogP contribution >= 0.6 is 15.9 Å². The van der Waals surface area contributed by atoms with E-state index in [1.165, 1.54) is 0 Å². The van der Waals surface area contributed by atoms with Gasteiger partial charge < -0.3 is 0 Å². The fraction of sp³-hybridized carbons (Fsp3) is 0.0400. The van der Waals surface area contributed by atoms with Gasteiger partial charge in [0.05, 0.1) is 10.9 Å². The highest BCUT2D eigenvalue weighted by molar-refractivity contribution is 9.10. The van der Waals surface area contributed by atoms with Crippen LogP contribution in [-0.2, 0) is 5.41 Å². The van der Waals surface area contributed by atoms with Gasteiger partial charge in [-0.15, -0.1) is 0 Å². The van der Waals surface area contributed by atoms with E-state index in [4.69, 9.17) is 5.48 Å². The van der Waals surface area contributed by atoms with Crippen molar-refractivity contribution in [3.8, 4) is 11.1 Å². The van der Waals surface area contributed by atoms with Crippen LogP contribution in [0.5, 0.6) is 0 Å². The minimum atomic E-state index is -0.840. The molecule has 0 fully saturated rings. The van der Waals surface area contributed by atoms with Gasteiger partial charge in [0.15, 0.2) is 0 Å². The minimum Gasteiger partial charge on any atom is -0.0622 e. The van der Waals surface area contributed by atoms with Crippen molar-refractivity contribution < 1.29 is 5.48 Å². The lowest BCUT2D eigenvalue weighted by atomic mass is 9.68. The van der Waals surface area contributed by atoms with E-state index in [0.717, 1.165) is 26.7 Å². The molecule has 5 rings (SSSR count). The Kier molecular flexibility index (Phi) is 2.72. The molecule has 0 bridgehead atoms. The Morgan fingerprint density at radius 1 is 0.654 bits per heavy atom. The van der Waals surface area contributed by atoms with Crippen molar-refractivity contribution in [3.05, 3.63) is 130 Å². The first-order valence-electron chi connectivity index (χ1n) is 10.5. The zero-order valence-electron chi connectivity index (χ0n) is 17.9. The highest BCUT2D eigenvalue weighted by Crippen LogP contribution is 2.56. The van der Waals surface area contributed by atoms with E-state index >= 15 is 0 Å². The van der Waals surface area contributed by atoms with Crippen molar-refractivity contribution in [2.24, 2.45) is 0 Å². The molecule has 0 spiro atoms. The summed E-state index contributed by atoms with van der Waals surface area (Å²) in [6.45, 7) is 0. The number of halogens is 1. The lowest BCUT2D eigenvalue weighted by Crippen LogP contribution is -2.28. The summed E-state index contributed by atoms with van der Waals surface area (Å²) in [6.07, 6.45) is 0. The molecule has 0 unspecified atom stereocenters. The summed E-state index contributed by atoms with van der Waals surface area (Å²) < 4.78 is 35.2. The van der Waals surface area contributed by atoms with Crippen LogP contribution in [0.3, 0.4) is 0 Å². The second-order valence-electron chi connectivity index (χ2n) is 6.42. The van der Waals surface area contributed by atoms with E-state index < -0.39 is 5.41 Å². The van der Waals surface area contributed by atoms with Gasteiger partial charge in [-0.2, -0.15) is 0 Å². The second-order valence-corrected chi connectivity index (χ2v) is 7.34. The summed E-state index contributed by atoms with van der Waals surface area (Å²) in [4.78, 5) is 0. The van der Waals surface area contributed by atoms with Crippen LogP contribution in [0.25, 0.3) is 11.1 Å². The Morgan fingerprint density at radius 2 is 1.27 bits per heavy atom. The summed E-state index contributed by atoms with van der Waals surface area (Å²) >= 11 is 3.60. The molecule has 4 aromatic rings. The summed E-state index contributed by atoms with van der Waals surface area (Å²) in [5.41, 5.74) is 4.09. The fourth-order valence-corrected chi connectivity index (χ4v) is 4.48. The van der Waals surface area contributed by atoms with E-state index in [0.29, 0.717) is 11.1 Å². The molecule has 0 nitrogen and oxygen atoms in total. The quantitative estimate of drug-likeness (QED) is 0.305. The topological polar surface area (TPSA) is 0 Å². The van der Waals surface area contributed by atoms with E-state index in [1.807, 2.05) is 78.9 Å². The monoisotopic (exact) mass is 400 g/mol. The van der Waals surface area contributed by atoms with E-state index in [2.05, 4.69) is 15.9 Å². The average molecular weight is 401 g/mol. The third-order valence-corrected chi connectivity index (χ3v) is 5.62. The van der Waals surface area contributed by atoms with Crippen molar-refractivity contribution in [2.75, 3.05) is 0 Å². The number of benzene rings is 4. The summed E-state index contributed by atoms with van der Waals surface area (Å²) in [7, 11) is 0. The molecular formula is C25H17Br. The lowest BCUT2D eigenvalue weighted by Gasteiger charge is -2.33. The first-order chi connectivity index (χ1) is 14.5. The molecule has 1 heteroatoms. The number of hydrogen-bond acceptors (Lipinski definition) is 0. The first kappa shape index (κ1) is 11.9. The van der Waals surface area contributed by atoms with Crippen LogP contribution in [-0.4, -0.2) is 0 Å². The molecule has 0 N–H and O–H groups in total. The maximum absolute atomic E-state index is 8.89. The number of hydrogen-bond donors (Lipinski definition) is 0. The molecule has 1 aliphatic carbocycles. The van der Waals surface area contributed by atoms with Gasteiger partial charge in [-0.05, 0) is 45.5 Å². The Labute approximate surface area is 167 Å². The zero-order valence-corrected chi connectivity index (χ0v) is 15.5. The molecular weight excluding hydrogens is 380 g/mol. The predicted molar refractivity (Wildman–Crippen MR) is 111 cm³/mol. The van der Waals surface area contributed by atoms with Gasteiger partial charge in [-0.3, -0.25) is 0 Å². The molecule has 0 heterocycles. The largest absolute Gasteiger partial charge is 0.0713 e. The highest BCUT2D eigenvalue weighted by atomic mass is 79.9. The van der Waals surface area contributed by atoms with Crippen LogP contribution in [0.4, 0.5) is 0 Å². The van der Waals surface area contributed by atoms with Gasteiger partial charge in [-0.25, -0.2) is 0 Å². The van der Waals surface area contributed by atoms with Crippen LogP contribution in [0.15, 0.2) is 108 Å². The molecule has 0 aromatic heterocycles. The van der Waals surface area contributed by atoms with Crippen LogP contribution in [0, 0.1) is 0 Å². The van der Waals surface area contributed by atoms with Crippen LogP contribution < -0.4 is 0 Å². The fourth-order valence-electron chi connectivity index (χ4n) is 4.12. The van der Waals surface area contributed by atoms with E-state index in [-0.39, 0.29) is 24.2 Å². The van der Waals surface area contributed by atoms with Gasteiger partial charge in [0.2, 0.25) is 0 Å². The third kappa shape index (κ3) is 2.07. The minimum absolute atomic E-state index is 0.00306. The Hall–Kier alpha value is -2.64. The SMILES string of the molecule is [2H]c1c([2H])c([2H])c2c(c1[2H])-c1ccc(Br)cc1C2(c1ccccc1)c1ccccc1. The van der Waals surface area contributed by atoms with E-state index in [9.17, 15) is 0 Å². The molecule has 4 aromatic carbocycles. The summed E-state index contributed by atoms with van der Waals surface area (Å²) in [5.74, 6) is 0. The predicted octanol–water partition coefficient (Wildman–Crippen LogP) is 6.81. The highest BCUT2D eigenvalue weighted by Gasteiger charge is 2.45. The summed E-state index contributed by atoms with van der Waals surface area (Å²) in [6, 6.07) is 25.5. The molecule has 0 radical (unpaired) electrons. The molecule has 124 valence electrons. The molecule has 1 aliphatic rings. The molecule has 0 amide bonds. The normalized spacial score (nSPS) is 16.0. The Bertz CT molecular complexity index is 1240. The van der Waals surface area contributed by atoms with Crippen molar-refractivity contribution in [1.82, 2.24) is 0 Å². The summed E-state index contributed by atoms with van der Waals surface area (Å²) in [5, 5.41) is 0. The van der Waals surface area contributed by atoms with Crippen molar-refractivity contribution in [2.45, 2.75) is 5.41 Å². The molecule has 26 heavy (non-hydrogen) atoms. The zero-order chi connectivity index (χ0) is 21.0. The molecule has 0 aliphatic heterocycles. The average Bonchev–Trinajstić information content (AvgIpc) is 3.08. The van der Waals surface area contributed by atoms with Gasteiger partial charge in [0, 0.05) is 4.47 Å². The van der Waals surface area contributed by atoms with Crippen LogP contribution in [0.2, 0.25) is 0 Å². The number of fused-ring (bicyclic) bond motifs is 3. The number of rotatable bonds is 2. The van der Waals surface area contributed by atoms with Gasteiger partial charge in [0.1, 0.15) is 0 Å². The molecule has 0 saturated carbocycles. The second kappa shape index (κ2) is 5.96. The molecule has 0 atom stereocenters. The maximum Gasteiger partial charge on any atom is 0.0713 e. The van der Waals surface area contributed by atoms with Crippen molar-refractivity contribution in [3.63, 3.8) is 0 Å². The van der Waals surface area contributed by atoms with E-state index in [1.54, 1.807) is 0 Å². The van der Waals surface area contributed by atoms with Crippen LogP contribution in [0.1, 0.15) is 27.7 Å². The first-order valence-corrected chi connectivity index (χ1v) is 9.29. The van der Waals surface area contributed by atoms with Gasteiger partial charge in [-0.1, -0.05) is 107 Å². The Morgan fingerprint density at radius 3 is 1.92 bits per heavy atom. The van der Waals surface area contributed by atoms with Gasteiger partial charge in [0.25, 0.3) is 0 Å². The maximum atomic E-state index is 8.89. The van der Waals surface area contributed by atoms with Gasteiger partial charge >= 0.3 is 0 Å².